The van der Waals surface area contributed by atoms with Crippen LogP contribution >= 0.6 is 12.2 Å². The van der Waals surface area contributed by atoms with E-state index < -0.39 is 11.9 Å². The first-order chi connectivity index (χ1) is 11.5. The molecule has 3 N–H and O–H groups in total. The van der Waals surface area contributed by atoms with Crippen LogP contribution in [0.5, 0.6) is 0 Å². The molecule has 24 heavy (non-hydrogen) atoms. The van der Waals surface area contributed by atoms with E-state index in [4.69, 9.17) is 17.0 Å². The number of rotatable bonds is 7. The fourth-order valence-electron chi connectivity index (χ4n) is 1.68. The Morgan fingerprint density at radius 1 is 1.04 bits per heavy atom. The van der Waals surface area contributed by atoms with Crippen molar-refractivity contribution >= 4 is 35.1 Å². The van der Waals surface area contributed by atoms with E-state index in [1.807, 2.05) is 37.3 Å². The monoisotopic (exact) mass is 351 g/mol. The van der Waals surface area contributed by atoms with Gasteiger partial charge in [-0.25, -0.2) is 0 Å². The second kappa shape index (κ2) is 11.1. The van der Waals surface area contributed by atoms with Crippen molar-refractivity contribution in [1.29, 1.82) is 0 Å². The van der Waals surface area contributed by atoms with Gasteiger partial charge in [0.05, 0.1) is 19.4 Å². The van der Waals surface area contributed by atoms with Crippen molar-refractivity contribution in [2.45, 2.75) is 32.6 Å². The molecule has 0 aliphatic heterocycles. The molecule has 0 bridgehead atoms. The van der Waals surface area contributed by atoms with Gasteiger partial charge in [-0.3, -0.25) is 25.2 Å². The summed E-state index contributed by atoms with van der Waals surface area (Å²) in [6.07, 6.45) is 0.861. The molecule has 0 unspecified atom stereocenters. The second-order valence-corrected chi connectivity index (χ2v) is 5.34. The van der Waals surface area contributed by atoms with Crippen LogP contribution in [0.25, 0.3) is 0 Å². The normalized spacial score (nSPS) is 9.71. The number of carbonyl (C=O) groups is 3. The van der Waals surface area contributed by atoms with Crippen molar-refractivity contribution in [1.82, 2.24) is 16.2 Å². The van der Waals surface area contributed by atoms with Crippen LogP contribution in [0.1, 0.15) is 31.7 Å². The molecule has 0 saturated heterocycles. The third-order valence-corrected chi connectivity index (χ3v) is 3.00. The molecule has 0 fully saturated rings. The van der Waals surface area contributed by atoms with Crippen LogP contribution in [-0.2, 0) is 25.5 Å². The zero-order chi connectivity index (χ0) is 17.8. The minimum atomic E-state index is -0.432. The average molecular weight is 351 g/mol. The predicted octanol–water partition coefficient (Wildman–Crippen LogP) is 0.984. The van der Waals surface area contributed by atoms with Gasteiger partial charge in [-0.1, -0.05) is 37.3 Å². The molecule has 0 spiro atoms. The number of nitrogens with one attached hydrogen (secondary N) is 3. The van der Waals surface area contributed by atoms with Gasteiger partial charge in [0.25, 0.3) is 0 Å². The lowest BCUT2D eigenvalue weighted by atomic mass is 10.1. The molecule has 7 nitrogen and oxygen atoms in total. The summed E-state index contributed by atoms with van der Waals surface area (Å²) in [5.74, 6) is -1.15. The highest BCUT2D eigenvalue weighted by Crippen LogP contribution is 1.98. The lowest BCUT2D eigenvalue weighted by molar-refractivity contribution is -0.144. The molecule has 1 rings (SSSR count). The van der Waals surface area contributed by atoms with Crippen molar-refractivity contribution in [3.63, 3.8) is 0 Å². The van der Waals surface area contributed by atoms with Gasteiger partial charge in [0.15, 0.2) is 5.11 Å². The number of carbonyl (C=O) groups excluding carboxylic acids is 3. The highest BCUT2D eigenvalue weighted by Gasteiger charge is 2.10. The maximum atomic E-state index is 11.7. The first-order valence-electron chi connectivity index (χ1n) is 7.59. The summed E-state index contributed by atoms with van der Waals surface area (Å²) in [6, 6.07) is 9.20. The Morgan fingerprint density at radius 2 is 1.75 bits per heavy atom. The van der Waals surface area contributed by atoms with E-state index >= 15 is 0 Å². The van der Waals surface area contributed by atoms with Gasteiger partial charge in [-0.15, -0.1) is 0 Å². The zero-order valence-corrected chi connectivity index (χ0v) is 14.3. The number of benzene rings is 1. The first kappa shape index (κ1) is 19.6. The van der Waals surface area contributed by atoms with E-state index in [0.717, 1.165) is 12.0 Å². The van der Waals surface area contributed by atoms with Crippen LogP contribution < -0.4 is 16.2 Å². The molecule has 0 atom stereocenters. The lowest BCUT2D eigenvalue weighted by Crippen LogP contribution is -2.48. The maximum Gasteiger partial charge on any atom is 0.306 e. The number of hydrogen-bond donors (Lipinski definition) is 3. The molecular formula is C16H21N3O4S. The summed E-state index contributed by atoms with van der Waals surface area (Å²) in [5, 5.41) is 2.33. The van der Waals surface area contributed by atoms with Crippen LogP contribution in [0.15, 0.2) is 30.3 Å². The van der Waals surface area contributed by atoms with E-state index in [1.54, 1.807) is 0 Å². The summed E-state index contributed by atoms with van der Waals surface area (Å²) >= 11 is 4.89. The van der Waals surface area contributed by atoms with Crippen molar-refractivity contribution in [2.24, 2.45) is 0 Å². The van der Waals surface area contributed by atoms with Gasteiger partial charge in [0, 0.05) is 6.42 Å². The predicted molar refractivity (Wildman–Crippen MR) is 92.6 cm³/mol. The van der Waals surface area contributed by atoms with Crippen LogP contribution in [0.3, 0.4) is 0 Å². The Kier molecular flexibility index (Phi) is 9.06. The third kappa shape index (κ3) is 8.84. The number of amides is 2. The summed E-state index contributed by atoms with van der Waals surface area (Å²) in [4.78, 5) is 34.6. The highest BCUT2D eigenvalue weighted by molar-refractivity contribution is 7.80. The number of ether oxygens (including phenoxy) is 1. The average Bonchev–Trinajstić information content (AvgIpc) is 2.57. The van der Waals surface area contributed by atoms with Gasteiger partial charge in [-0.2, -0.15) is 0 Å². The molecule has 0 heterocycles. The van der Waals surface area contributed by atoms with Crippen LogP contribution in [0.4, 0.5) is 0 Å². The van der Waals surface area contributed by atoms with E-state index in [0.29, 0.717) is 6.61 Å². The SMILES string of the molecule is CCCOC(=O)CCC(=O)NC(=S)NNC(=O)Cc1ccccc1. The van der Waals surface area contributed by atoms with Crippen molar-refractivity contribution in [3.8, 4) is 0 Å². The standard InChI is InChI=1S/C16H21N3O4S/c1-2-10-23-15(22)9-8-13(20)17-16(24)19-18-14(21)11-12-6-4-3-5-7-12/h3-7H,2,8-11H2,1H3,(H,18,21)(H2,17,19,20,24). The summed E-state index contributed by atoms with van der Waals surface area (Å²) in [5.41, 5.74) is 5.69. The lowest BCUT2D eigenvalue weighted by Gasteiger charge is -2.10. The zero-order valence-electron chi connectivity index (χ0n) is 13.5. The van der Waals surface area contributed by atoms with Crippen LogP contribution in [-0.4, -0.2) is 29.5 Å². The van der Waals surface area contributed by atoms with E-state index in [1.165, 1.54) is 0 Å². The minimum Gasteiger partial charge on any atom is -0.466 e. The molecule has 0 radical (unpaired) electrons. The largest absolute Gasteiger partial charge is 0.466 e. The summed E-state index contributed by atoms with van der Waals surface area (Å²) < 4.78 is 4.86. The molecule has 1 aromatic carbocycles. The van der Waals surface area contributed by atoms with Crippen LogP contribution in [0, 0.1) is 0 Å². The van der Waals surface area contributed by atoms with Gasteiger partial charge in [0.2, 0.25) is 11.8 Å². The topological polar surface area (TPSA) is 96.5 Å². The van der Waals surface area contributed by atoms with Gasteiger partial charge >= 0.3 is 5.97 Å². The number of hydrogen-bond acceptors (Lipinski definition) is 5. The Morgan fingerprint density at radius 3 is 2.42 bits per heavy atom. The quantitative estimate of drug-likeness (QED) is 0.385. The van der Waals surface area contributed by atoms with Gasteiger partial charge < -0.3 is 10.1 Å². The number of esters is 1. The van der Waals surface area contributed by atoms with Gasteiger partial charge in [-0.05, 0) is 24.2 Å². The van der Waals surface area contributed by atoms with Gasteiger partial charge in [0.1, 0.15) is 0 Å². The smallest absolute Gasteiger partial charge is 0.306 e. The molecule has 0 aliphatic rings. The fraction of sp³-hybridized carbons (Fsp3) is 0.375. The Hall–Kier alpha value is -2.48. The van der Waals surface area contributed by atoms with Crippen molar-refractivity contribution in [3.05, 3.63) is 35.9 Å². The fourth-order valence-corrected chi connectivity index (χ4v) is 1.84. The molecule has 1 aromatic rings. The van der Waals surface area contributed by atoms with E-state index in [-0.39, 0.29) is 30.3 Å². The molecule has 0 aliphatic carbocycles. The van der Waals surface area contributed by atoms with Crippen molar-refractivity contribution < 1.29 is 19.1 Å². The maximum absolute atomic E-state index is 11.7. The molecule has 2 amide bonds. The molecule has 8 heteroatoms. The molecule has 0 aromatic heterocycles. The van der Waals surface area contributed by atoms with Crippen LogP contribution in [0.2, 0.25) is 0 Å². The Labute approximate surface area is 146 Å². The van der Waals surface area contributed by atoms with E-state index in [2.05, 4.69) is 16.2 Å². The molecule has 130 valence electrons. The first-order valence-corrected chi connectivity index (χ1v) is 8.00. The van der Waals surface area contributed by atoms with E-state index in [9.17, 15) is 14.4 Å². The summed E-state index contributed by atoms with van der Waals surface area (Å²) in [6.45, 7) is 2.23. The third-order valence-electron chi connectivity index (χ3n) is 2.80. The minimum absolute atomic E-state index is 0.0190. The molecule has 0 saturated carbocycles. The second-order valence-electron chi connectivity index (χ2n) is 4.93. The Bertz CT molecular complexity index is 578. The Balaban J connectivity index is 2.19. The number of hydrazine groups is 1. The summed E-state index contributed by atoms with van der Waals surface area (Å²) in [7, 11) is 0. The highest BCUT2D eigenvalue weighted by atomic mass is 32.1. The van der Waals surface area contributed by atoms with Crippen molar-refractivity contribution in [2.75, 3.05) is 6.61 Å². The number of thiocarbonyl (C=S) groups is 1. The molecular weight excluding hydrogens is 330 g/mol.